The zero-order chi connectivity index (χ0) is 34.4. The summed E-state index contributed by atoms with van der Waals surface area (Å²) >= 11 is 0. The van der Waals surface area contributed by atoms with Crippen molar-refractivity contribution in [3.8, 4) is 22.6 Å². The van der Waals surface area contributed by atoms with Gasteiger partial charge in [0.05, 0.1) is 22.7 Å². The van der Waals surface area contributed by atoms with Crippen LogP contribution in [0.2, 0.25) is 0 Å². The third-order valence-corrected chi connectivity index (χ3v) is 9.40. The van der Waals surface area contributed by atoms with Crippen molar-refractivity contribution < 1.29 is 95.3 Å². The predicted molar refractivity (Wildman–Crippen MR) is 176 cm³/mol. The zero-order valence-corrected chi connectivity index (χ0v) is 32.8. The van der Waals surface area contributed by atoms with Crippen LogP contribution in [0.1, 0.15) is 11.1 Å². The van der Waals surface area contributed by atoms with E-state index >= 15 is 0 Å². The topological polar surface area (TPSA) is 204 Å². The molecule has 0 radical (unpaired) electrons. The molecule has 0 heterocycles. The second kappa shape index (κ2) is 15.4. The van der Waals surface area contributed by atoms with Crippen molar-refractivity contribution >= 4 is 64.5 Å². The molecule has 6 rings (SSSR count). The van der Waals surface area contributed by atoms with Crippen LogP contribution in [0.25, 0.3) is 32.7 Å². The van der Waals surface area contributed by atoms with Gasteiger partial charge in [0.1, 0.15) is 9.79 Å². The van der Waals surface area contributed by atoms with E-state index in [1.807, 2.05) is 50.2 Å². The summed E-state index contributed by atoms with van der Waals surface area (Å²) in [6.07, 6.45) is 0. The zero-order valence-electron chi connectivity index (χ0n) is 27.2. The molecule has 6 aromatic carbocycles. The average molecular weight is 727 g/mol. The molecule has 16 heteroatoms. The number of azo groups is 2. The summed E-state index contributed by atoms with van der Waals surface area (Å²) in [7, 11) is -9.61. The smallest absolute Gasteiger partial charge is 0.871 e. The van der Waals surface area contributed by atoms with Gasteiger partial charge in [-0.2, -0.15) is 32.2 Å². The minimum atomic E-state index is -4.83. The van der Waals surface area contributed by atoms with Gasteiger partial charge >= 0.3 is 59.1 Å². The molecule has 0 saturated heterocycles. The molecule has 0 aromatic heterocycles. The Bertz CT molecular complexity index is 2580. The first-order valence-electron chi connectivity index (χ1n) is 14.2. The monoisotopic (exact) mass is 726 g/mol. The van der Waals surface area contributed by atoms with Crippen molar-refractivity contribution in [1.82, 2.24) is 0 Å². The van der Waals surface area contributed by atoms with Gasteiger partial charge in [-0.05, 0) is 71.6 Å². The molecule has 0 aliphatic carbocycles. The molecular formula is C34H24N4Na2O8S2. The van der Waals surface area contributed by atoms with E-state index in [1.165, 1.54) is 36.4 Å². The molecule has 242 valence electrons. The van der Waals surface area contributed by atoms with Gasteiger partial charge in [-0.25, -0.2) is 0 Å². The van der Waals surface area contributed by atoms with E-state index in [1.54, 1.807) is 6.07 Å². The van der Waals surface area contributed by atoms with Crippen LogP contribution >= 0.6 is 0 Å². The fourth-order valence-electron chi connectivity index (χ4n) is 5.33. The van der Waals surface area contributed by atoms with E-state index < -0.39 is 52.9 Å². The van der Waals surface area contributed by atoms with Crippen molar-refractivity contribution in [2.45, 2.75) is 23.6 Å². The normalized spacial score (nSPS) is 12.0. The Hall–Kier alpha value is -3.54. The molecule has 2 N–H and O–H groups in total. The molecule has 0 unspecified atom stereocenters. The van der Waals surface area contributed by atoms with Crippen LogP contribution < -0.4 is 69.3 Å². The minimum Gasteiger partial charge on any atom is -0.871 e. The van der Waals surface area contributed by atoms with Crippen LogP contribution in [0.5, 0.6) is 11.5 Å². The molecule has 0 aliphatic heterocycles. The predicted octanol–water partition coefficient (Wildman–Crippen LogP) is 1.76. The molecule has 0 fully saturated rings. The number of benzene rings is 6. The van der Waals surface area contributed by atoms with E-state index in [-0.39, 0.29) is 86.3 Å². The van der Waals surface area contributed by atoms with E-state index in [0.717, 1.165) is 40.5 Å². The van der Waals surface area contributed by atoms with Crippen LogP contribution in [-0.4, -0.2) is 25.9 Å². The van der Waals surface area contributed by atoms with E-state index in [2.05, 4.69) is 20.5 Å². The van der Waals surface area contributed by atoms with Crippen molar-refractivity contribution in [3.63, 3.8) is 0 Å². The molecule has 0 saturated carbocycles. The van der Waals surface area contributed by atoms with Crippen molar-refractivity contribution in [1.29, 1.82) is 0 Å². The molecule has 12 nitrogen and oxygen atoms in total. The molecule has 0 aliphatic rings. The Morgan fingerprint density at radius 1 is 0.520 bits per heavy atom. The Labute approximate surface area is 331 Å². The van der Waals surface area contributed by atoms with Crippen molar-refractivity contribution in [2.24, 2.45) is 20.5 Å². The maximum Gasteiger partial charge on any atom is 1.00 e. The number of hydrogen-bond acceptors (Lipinski definition) is 10. The number of rotatable bonds is 7. The summed E-state index contributed by atoms with van der Waals surface area (Å²) in [4.78, 5) is -1.17. The minimum absolute atomic E-state index is 0. The molecule has 50 heavy (non-hydrogen) atoms. The van der Waals surface area contributed by atoms with Gasteiger partial charge in [-0.3, -0.25) is 9.11 Å². The molecule has 6 aromatic rings. The Kier molecular flexibility index (Phi) is 12.1. The Morgan fingerprint density at radius 3 is 1.70 bits per heavy atom. The summed E-state index contributed by atoms with van der Waals surface area (Å²) in [6.45, 7) is 3.81. The summed E-state index contributed by atoms with van der Waals surface area (Å²) in [5.41, 5.74) is 3.18. The summed E-state index contributed by atoms with van der Waals surface area (Å²) in [5.74, 6) is -1.53. The van der Waals surface area contributed by atoms with Gasteiger partial charge in [0, 0.05) is 10.8 Å². The largest absolute Gasteiger partial charge is 1.00 e. The van der Waals surface area contributed by atoms with Crippen LogP contribution in [0.15, 0.2) is 127 Å². The second-order valence-electron chi connectivity index (χ2n) is 10.9. The summed E-state index contributed by atoms with van der Waals surface area (Å²) in [6, 6.07) is 24.7. The van der Waals surface area contributed by atoms with E-state index in [0.29, 0.717) is 5.69 Å². The average Bonchev–Trinajstić information content (AvgIpc) is 3.04. The van der Waals surface area contributed by atoms with Crippen molar-refractivity contribution in [3.05, 3.63) is 108 Å². The van der Waals surface area contributed by atoms with Gasteiger partial charge in [-0.15, -0.1) is 5.11 Å². The third kappa shape index (κ3) is 8.00. The number of nitrogens with zero attached hydrogens (tertiary/aromatic N) is 4. The van der Waals surface area contributed by atoms with Gasteiger partial charge in [-0.1, -0.05) is 83.8 Å². The Morgan fingerprint density at radius 2 is 1.06 bits per heavy atom. The number of hydrogen-bond donors (Lipinski definition) is 2. The van der Waals surface area contributed by atoms with Crippen LogP contribution in [0.4, 0.5) is 22.7 Å². The van der Waals surface area contributed by atoms with Crippen molar-refractivity contribution in [2.75, 3.05) is 0 Å². The first-order valence-corrected chi connectivity index (χ1v) is 17.1. The van der Waals surface area contributed by atoms with Gasteiger partial charge in [0.2, 0.25) is 0 Å². The van der Waals surface area contributed by atoms with Crippen LogP contribution in [0.3, 0.4) is 0 Å². The molecular weight excluding hydrogens is 703 g/mol. The fourth-order valence-corrected chi connectivity index (χ4v) is 6.77. The van der Waals surface area contributed by atoms with Crippen LogP contribution in [0, 0.1) is 13.8 Å². The molecule has 0 atom stereocenters. The SMILES string of the molecule is Cc1cccc(-c2ccc(N=Nc3cc(N=Nc4cc(S(=O)(=O)O)c5ccccc5c4[O-])c([O-])c4cccc(S(=O)(=O)O)c34)c(C)c2)c1.[Na+].[Na+]. The van der Waals surface area contributed by atoms with Gasteiger partial charge in [0.15, 0.2) is 0 Å². The van der Waals surface area contributed by atoms with Gasteiger partial charge in [0.25, 0.3) is 20.2 Å². The summed E-state index contributed by atoms with van der Waals surface area (Å²) < 4.78 is 68.6. The van der Waals surface area contributed by atoms with E-state index in [9.17, 15) is 36.2 Å². The molecule has 0 bridgehead atoms. The maximum absolute atomic E-state index is 13.5. The quantitative estimate of drug-likeness (QED) is 0.141. The molecule has 0 spiro atoms. The fraction of sp³-hybridized carbons (Fsp3) is 0.0588. The van der Waals surface area contributed by atoms with E-state index in [4.69, 9.17) is 0 Å². The van der Waals surface area contributed by atoms with Crippen LogP contribution in [-0.2, 0) is 20.2 Å². The maximum atomic E-state index is 13.5. The Balaban J connectivity index is 0.00000281. The first kappa shape index (κ1) is 39.2. The number of fused-ring (bicyclic) bond motifs is 2. The third-order valence-electron chi connectivity index (χ3n) is 7.61. The van der Waals surface area contributed by atoms with Gasteiger partial charge < -0.3 is 10.2 Å². The second-order valence-corrected chi connectivity index (χ2v) is 13.7. The standard InChI is InChI=1S/C34H26N4O8S2.2Na/c1-19-7-5-8-21(15-19)22-13-14-26(20(2)16-22)35-36-27-17-28(34(40)25-11-6-12-30(32(25)27)47(41,42)43)37-38-29-18-31(48(44,45)46)23-9-3-4-10-24(23)33(29)39;;/h3-18,39-40H,1-2H3,(H,41,42,43)(H,44,45,46);;/q;2*+1/p-2. The summed E-state index contributed by atoms with van der Waals surface area (Å²) in [5, 5.41) is 42.5. The first-order chi connectivity index (χ1) is 22.7. The molecule has 0 amide bonds. The number of aryl methyl sites for hydroxylation is 2.